The molecular weight excluding hydrogens is 512 g/mol. The minimum atomic E-state index is -3.57. The Kier molecular flexibility index (Phi) is 9.95. The Bertz CT molecular complexity index is 1210. The second kappa shape index (κ2) is 12.9. The van der Waals surface area contributed by atoms with Gasteiger partial charge in [-0.2, -0.15) is 0 Å². The van der Waals surface area contributed by atoms with Crippen LogP contribution < -0.4 is 20.3 Å². The molecule has 0 radical (unpaired) electrons. The molecule has 1 fully saturated rings. The molecule has 1 heterocycles. The second-order valence-corrected chi connectivity index (χ2v) is 11.3. The van der Waals surface area contributed by atoms with Crippen molar-refractivity contribution in [1.82, 2.24) is 10.6 Å². The standard InChI is InChI=1S/C26H36N4O7S/c1-3-19(15-25(33)34)28-26(35)17-4-7-21(8-5-17)30-12-10-20(11-13-30)27-16-24(32)18-6-9-23(31)22(14-18)29-38(2,36)37/h4-9,14,19-20,24,27,29,31-32H,3,10-13,15-16H2,1-2H3,(H,28,35)(H,33,34)/t19?,24-/m1/s1. The van der Waals surface area contributed by atoms with Crippen LogP contribution in [0.2, 0.25) is 0 Å². The number of nitrogens with zero attached hydrogens (tertiary/aromatic N) is 1. The van der Waals surface area contributed by atoms with E-state index in [0.717, 1.165) is 37.9 Å². The minimum absolute atomic E-state index is 0.0197. The van der Waals surface area contributed by atoms with Gasteiger partial charge in [-0.1, -0.05) is 13.0 Å². The van der Waals surface area contributed by atoms with E-state index >= 15 is 0 Å². The molecule has 2 aromatic rings. The highest BCUT2D eigenvalue weighted by molar-refractivity contribution is 7.92. The van der Waals surface area contributed by atoms with Crippen molar-refractivity contribution in [1.29, 1.82) is 0 Å². The number of rotatable bonds is 12. The van der Waals surface area contributed by atoms with Gasteiger partial charge in [0, 0.05) is 43.0 Å². The fraction of sp³-hybridized carbons (Fsp3) is 0.462. The van der Waals surface area contributed by atoms with Crippen molar-refractivity contribution in [3.63, 3.8) is 0 Å². The summed E-state index contributed by atoms with van der Waals surface area (Å²) < 4.78 is 25.2. The molecule has 0 aliphatic carbocycles. The van der Waals surface area contributed by atoms with E-state index in [2.05, 4.69) is 20.3 Å². The van der Waals surface area contributed by atoms with E-state index in [1.165, 1.54) is 12.1 Å². The van der Waals surface area contributed by atoms with Gasteiger partial charge in [0.05, 0.1) is 24.5 Å². The molecule has 12 heteroatoms. The number of carboxylic acids is 1. The van der Waals surface area contributed by atoms with Crippen LogP contribution in [0.15, 0.2) is 42.5 Å². The summed E-state index contributed by atoms with van der Waals surface area (Å²) >= 11 is 0. The Balaban J connectivity index is 1.48. The van der Waals surface area contributed by atoms with Crippen LogP contribution in [0.3, 0.4) is 0 Å². The first kappa shape index (κ1) is 29.2. The first-order valence-electron chi connectivity index (χ1n) is 12.5. The van der Waals surface area contributed by atoms with E-state index in [9.17, 15) is 28.2 Å². The number of phenolic OH excluding ortho intramolecular Hbond substituents is 1. The summed E-state index contributed by atoms with van der Waals surface area (Å²) in [5.41, 5.74) is 1.97. The van der Waals surface area contributed by atoms with Gasteiger partial charge >= 0.3 is 5.97 Å². The van der Waals surface area contributed by atoms with Crippen molar-refractivity contribution in [3.05, 3.63) is 53.6 Å². The number of anilines is 2. The lowest BCUT2D eigenvalue weighted by Gasteiger charge is -2.34. The number of sulfonamides is 1. The molecule has 11 nitrogen and oxygen atoms in total. The number of aliphatic carboxylic acids is 1. The number of amides is 1. The average Bonchev–Trinajstić information content (AvgIpc) is 2.87. The van der Waals surface area contributed by atoms with Gasteiger partial charge < -0.3 is 30.9 Å². The molecule has 0 bridgehead atoms. The summed E-state index contributed by atoms with van der Waals surface area (Å²) in [5, 5.41) is 35.6. The zero-order valence-corrected chi connectivity index (χ0v) is 22.4. The molecule has 1 unspecified atom stereocenters. The van der Waals surface area contributed by atoms with Crippen LogP contribution in [0.1, 0.15) is 54.6 Å². The van der Waals surface area contributed by atoms with Gasteiger partial charge in [-0.15, -0.1) is 0 Å². The zero-order chi connectivity index (χ0) is 27.9. The van der Waals surface area contributed by atoms with Gasteiger partial charge in [0.25, 0.3) is 5.91 Å². The van der Waals surface area contributed by atoms with Gasteiger partial charge in [-0.3, -0.25) is 14.3 Å². The van der Waals surface area contributed by atoms with E-state index < -0.39 is 28.1 Å². The van der Waals surface area contributed by atoms with Crippen molar-refractivity contribution in [3.8, 4) is 5.75 Å². The highest BCUT2D eigenvalue weighted by Gasteiger charge is 2.21. The fourth-order valence-electron chi connectivity index (χ4n) is 4.38. The third-order valence-corrected chi connectivity index (χ3v) is 7.13. The smallest absolute Gasteiger partial charge is 0.305 e. The maximum atomic E-state index is 12.5. The minimum Gasteiger partial charge on any atom is -0.506 e. The number of aromatic hydroxyl groups is 1. The number of hydrogen-bond acceptors (Lipinski definition) is 8. The van der Waals surface area contributed by atoms with E-state index in [1.54, 1.807) is 18.2 Å². The van der Waals surface area contributed by atoms with Crippen LogP contribution in [-0.2, 0) is 14.8 Å². The highest BCUT2D eigenvalue weighted by atomic mass is 32.2. The first-order chi connectivity index (χ1) is 17.9. The van der Waals surface area contributed by atoms with Crippen molar-refractivity contribution in [2.75, 3.05) is 35.5 Å². The number of nitrogens with one attached hydrogen (secondary N) is 3. The molecule has 6 N–H and O–H groups in total. The summed E-state index contributed by atoms with van der Waals surface area (Å²) in [6.45, 7) is 3.69. The molecule has 1 amide bonds. The van der Waals surface area contributed by atoms with Gasteiger partial charge in [0.15, 0.2) is 0 Å². The summed E-state index contributed by atoms with van der Waals surface area (Å²) in [5.74, 6) is -1.46. The van der Waals surface area contributed by atoms with E-state index in [1.807, 2.05) is 19.1 Å². The number of hydrogen-bond donors (Lipinski definition) is 6. The van der Waals surface area contributed by atoms with Gasteiger partial charge in [0.1, 0.15) is 5.75 Å². The summed E-state index contributed by atoms with van der Waals surface area (Å²) in [6, 6.07) is 11.3. The van der Waals surface area contributed by atoms with E-state index in [-0.39, 0.29) is 36.4 Å². The Hall–Kier alpha value is -3.35. The monoisotopic (exact) mass is 548 g/mol. The van der Waals surface area contributed by atoms with Crippen LogP contribution >= 0.6 is 0 Å². The molecule has 2 atom stereocenters. The summed E-state index contributed by atoms with van der Waals surface area (Å²) in [6.07, 6.45) is 2.22. The van der Waals surface area contributed by atoms with Crippen molar-refractivity contribution < 1.29 is 33.3 Å². The van der Waals surface area contributed by atoms with Crippen LogP contribution in [0, 0.1) is 0 Å². The van der Waals surface area contributed by atoms with Crippen LogP contribution in [0.5, 0.6) is 5.75 Å². The number of carbonyl (C=O) groups is 2. The van der Waals surface area contributed by atoms with Crippen molar-refractivity contribution >= 4 is 33.3 Å². The zero-order valence-electron chi connectivity index (χ0n) is 21.6. The molecule has 0 aromatic heterocycles. The largest absolute Gasteiger partial charge is 0.506 e. The molecule has 1 aliphatic rings. The van der Waals surface area contributed by atoms with Gasteiger partial charge in [0.2, 0.25) is 10.0 Å². The average molecular weight is 549 g/mol. The Morgan fingerprint density at radius 3 is 2.34 bits per heavy atom. The molecule has 1 saturated heterocycles. The normalized spacial score (nSPS) is 16.0. The summed E-state index contributed by atoms with van der Waals surface area (Å²) in [7, 11) is -3.57. The van der Waals surface area contributed by atoms with Crippen LogP contribution in [-0.4, -0.2) is 73.6 Å². The lowest BCUT2D eigenvalue weighted by Crippen LogP contribution is -2.43. The Labute approximate surface area is 222 Å². The third-order valence-electron chi connectivity index (χ3n) is 6.54. The van der Waals surface area contributed by atoms with Crippen LogP contribution in [0.25, 0.3) is 0 Å². The maximum Gasteiger partial charge on any atom is 0.305 e. The highest BCUT2D eigenvalue weighted by Crippen LogP contribution is 2.28. The molecular formula is C26H36N4O7S. The maximum absolute atomic E-state index is 12.5. The molecule has 2 aromatic carbocycles. The fourth-order valence-corrected chi connectivity index (χ4v) is 4.94. The molecule has 1 aliphatic heterocycles. The third kappa shape index (κ3) is 8.61. The van der Waals surface area contributed by atoms with Gasteiger partial charge in [-0.25, -0.2) is 8.42 Å². The predicted molar refractivity (Wildman–Crippen MR) is 145 cm³/mol. The number of aliphatic hydroxyl groups excluding tert-OH is 1. The Morgan fingerprint density at radius 2 is 1.76 bits per heavy atom. The lowest BCUT2D eigenvalue weighted by atomic mass is 10.0. The quantitative estimate of drug-likeness (QED) is 0.217. The number of phenols is 1. The SMILES string of the molecule is CCC(CC(=O)O)NC(=O)c1ccc(N2CCC(NC[C@@H](O)c3ccc(O)c(NS(C)(=O)=O)c3)CC2)cc1. The molecule has 0 spiro atoms. The number of piperidine rings is 1. The first-order valence-corrected chi connectivity index (χ1v) is 14.4. The van der Waals surface area contributed by atoms with E-state index in [4.69, 9.17) is 5.11 Å². The summed E-state index contributed by atoms with van der Waals surface area (Å²) in [4.78, 5) is 25.6. The Morgan fingerprint density at radius 1 is 1.11 bits per heavy atom. The number of carboxylic acid groups (broad SMARTS) is 1. The molecule has 208 valence electrons. The number of carbonyl (C=O) groups excluding carboxylic acids is 1. The lowest BCUT2D eigenvalue weighted by molar-refractivity contribution is -0.137. The topological polar surface area (TPSA) is 168 Å². The molecule has 38 heavy (non-hydrogen) atoms. The van der Waals surface area contributed by atoms with E-state index in [0.29, 0.717) is 17.5 Å². The van der Waals surface area contributed by atoms with Crippen molar-refractivity contribution in [2.24, 2.45) is 0 Å². The van der Waals surface area contributed by atoms with Crippen LogP contribution in [0.4, 0.5) is 11.4 Å². The molecule has 3 rings (SSSR count). The predicted octanol–water partition coefficient (Wildman–Crippen LogP) is 2.04. The number of benzene rings is 2. The van der Waals surface area contributed by atoms with Gasteiger partial charge in [-0.05, 0) is 61.2 Å². The molecule has 0 saturated carbocycles. The number of aliphatic hydroxyl groups is 1. The second-order valence-electron chi connectivity index (χ2n) is 9.56. The van der Waals surface area contributed by atoms with Crippen molar-refractivity contribution in [2.45, 2.75) is 50.8 Å².